The van der Waals surface area contributed by atoms with Crippen LogP contribution in [0.4, 0.5) is 0 Å². The summed E-state index contributed by atoms with van der Waals surface area (Å²) >= 11 is 1.84. The molecule has 0 saturated carbocycles. The topological polar surface area (TPSA) is 36.4 Å². The highest BCUT2D eigenvalue weighted by Gasteiger charge is 2.24. The molecule has 1 saturated heterocycles. The van der Waals surface area contributed by atoms with Crippen molar-refractivity contribution in [2.45, 2.75) is 64.5 Å². The van der Waals surface area contributed by atoms with Gasteiger partial charge in [0.2, 0.25) is 0 Å². The number of hydrogen-bond acceptors (Lipinski definition) is 4. The molecule has 1 fully saturated rings. The third kappa shape index (κ3) is 4.01. The van der Waals surface area contributed by atoms with Gasteiger partial charge in [-0.2, -0.15) is 0 Å². The van der Waals surface area contributed by atoms with Crippen LogP contribution in [0.15, 0.2) is 6.20 Å². The van der Waals surface area contributed by atoms with Crippen LogP contribution in [0.1, 0.15) is 56.3 Å². The van der Waals surface area contributed by atoms with E-state index in [9.17, 15) is 5.11 Å². The van der Waals surface area contributed by atoms with Crippen molar-refractivity contribution >= 4 is 11.3 Å². The van der Waals surface area contributed by atoms with E-state index < -0.39 is 0 Å². The summed E-state index contributed by atoms with van der Waals surface area (Å²) in [5.74, 6) is 0. The Hall–Kier alpha value is -0.450. The van der Waals surface area contributed by atoms with E-state index >= 15 is 0 Å². The number of rotatable bonds is 4. The van der Waals surface area contributed by atoms with Gasteiger partial charge in [-0.05, 0) is 25.8 Å². The Balaban J connectivity index is 2.00. The SMILES string of the molecule is CC(C)(C)c1ncc(CN2CCCCC2CCO)s1. The fraction of sp³-hybridized carbons (Fsp3) is 0.800. The number of aromatic nitrogens is 1. The van der Waals surface area contributed by atoms with E-state index in [0.717, 1.165) is 19.5 Å². The fourth-order valence-electron chi connectivity index (χ4n) is 2.67. The van der Waals surface area contributed by atoms with Crippen LogP contribution in [0.25, 0.3) is 0 Å². The van der Waals surface area contributed by atoms with Crippen molar-refractivity contribution in [2.75, 3.05) is 13.2 Å². The van der Waals surface area contributed by atoms with Crippen molar-refractivity contribution in [1.82, 2.24) is 9.88 Å². The molecule has 1 unspecified atom stereocenters. The molecule has 108 valence electrons. The van der Waals surface area contributed by atoms with Crippen LogP contribution in [0, 0.1) is 0 Å². The molecule has 0 radical (unpaired) electrons. The Morgan fingerprint density at radius 1 is 1.42 bits per heavy atom. The Bertz CT molecular complexity index is 395. The Kier molecular flexibility index (Phi) is 4.98. The van der Waals surface area contributed by atoms with Crippen molar-refractivity contribution < 1.29 is 5.11 Å². The molecule has 0 aromatic carbocycles. The number of piperidine rings is 1. The monoisotopic (exact) mass is 282 g/mol. The van der Waals surface area contributed by atoms with Gasteiger partial charge < -0.3 is 5.11 Å². The molecule has 1 aromatic rings. The third-order valence-electron chi connectivity index (χ3n) is 3.77. The van der Waals surface area contributed by atoms with Crippen LogP contribution < -0.4 is 0 Å². The number of thiazole rings is 1. The lowest BCUT2D eigenvalue weighted by atomic mass is 9.98. The lowest BCUT2D eigenvalue weighted by molar-refractivity contribution is 0.113. The summed E-state index contributed by atoms with van der Waals surface area (Å²) in [6.45, 7) is 9.10. The number of hydrogen-bond donors (Lipinski definition) is 1. The second-order valence-electron chi connectivity index (χ2n) is 6.51. The average molecular weight is 282 g/mol. The maximum atomic E-state index is 9.18. The maximum Gasteiger partial charge on any atom is 0.0981 e. The van der Waals surface area contributed by atoms with Crippen molar-refractivity contribution in [1.29, 1.82) is 0 Å². The summed E-state index contributed by atoms with van der Waals surface area (Å²) < 4.78 is 0. The summed E-state index contributed by atoms with van der Waals surface area (Å²) in [7, 11) is 0. The highest BCUT2D eigenvalue weighted by Crippen LogP contribution is 2.29. The van der Waals surface area contributed by atoms with Crippen LogP contribution in [0.5, 0.6) is 0 Å². The Labute approximate surface area is 120 Å². The second kappa shape index (κ2) is 6.33. The first-order valence-electron chi connectivity index (χ1n) is 7.31. The number of aliphatic hydroxyl groups excluding tert-OH is 1. The first-order valence-corrected chi connectivity index (χ1v) is 8.12. The zero-order valence-corrected chi connectivity index (χ0v) is 13.2. The predicted octanol–water partition coefficient (Wildman–Crippen LogP) is 3.18. The summed E-state index contributed by atoms with van der Waals surface area (Å²) in [4.78, 5) is 8.45. The smallest absolute Gasteiger partial charge is 0.0981 e. The van der Waals surface area contributed by atoms with Gasteiger partial charge in [0.15, 0.2) is 0 Å². The van der Waals surface area contributed by atoms with E-state index in [-0.39, 0.29) is 5.41 Å². The van der Waals surface area contributed by atoms with Gasteiger partial charge in [0, 0.05) is 35.7 Å². The molecule has 2 rings (SSSR count). The van der Waals surface area contributed by atoms with Gasteiger partial charge in [-0.3, -0.25) is 4.90 Å². The van der Waals surface area contributed by atoms with E-state index in [4.69, 9.17) is 0 Å². The van der Waals surface area contributed by atoms with Gasteiger partial charge in [0.05, 0.1) is 5.01 Å². The van der Waals surface area contributed by atoms with Crippen LogP contribution in [-0.2, 0) is 12.0 Å². The molecule has 3 nitrogen and oxygen atoms in total. The summed E-state index contributed by atoms with van der Waals surface area (Å²) in [5.41, 5.74) is 0.148. The molecule has 0 bridgehead atoms. The van der Waals surface area contributed by atoms with Gasteiger partial charge in [0.1, 0.15) is 0 Å². The van der Waals surface area contributed by atoms with Gasteiger partial charge >= 0.3 is 0 Å². The minimum Gasteiger partial charge on any atom is -0.396 e. The summed E-state index contributed by atoms with van der Waals surface area (Å²) in [6.07, 6.45) is 6.76. The van der Waals surface area contributed by atoms with Crippen LogP contribution in [0.2, 0.25) is 0 Å². The van der Waals surface area contributed by atoms with Crippen LogP contribution in [-0.4, -0.2) is 34.2 Å². The van der Waals surface area contributed by atoms with Gasteiger partial charge in [-0.25, -0.2) is 4.98 Å². The van der Waals surface area contributed by atoms with E-state index in [0.29, 0.717) is 12.6 Å². The molecule has 2 heterocycles. The van der Waals surface area contributed by atoms with E-state index in [1.54, 1.807) is 0 Å². The highest BCUT2D eigenvalue weighted by molar-refractivity contribution is 7.11. The minimum absolute atomic E-state index is 0.148. The molecular weight excluding hydrogens is 256 g/mol. The Morgan fingerprint density at radius 2 is 2.21 bits per heavy atom. The normalized spacial score (nSPS) is 21.8. The molecule has 4 heteroatoms. The minimum atomic E-state index is 0.148. The molecule has 0 spiro atoms. The highest BCUT2D eigenvalue weighted by atomic mass is 32.1. The maximum absolute atomic E-state index is 9.18. The number of nitrogens with zero attached hydrogens (tertiary/aromatic N) is 2. The molecule has 1 N–H and O–H groups in total. The molecular formula is C15H26N2OS. The van der Waals surface area contributed by atoms with Crippen LogP contribution >= 0.6 is 11.3 Å². The predicted molar refractivity (Wildman–Crippen MR) is 80.6 cm³/mol. The Morgan fingerprint density at radius 3 is 2.84 bits per heavy atom. The quantitative estimate of drug-likeness (QED) is 0.921. The molecule has 1 aliphatic rings. The summed E-state index contributed by atoms with van der Waals surface area (Å²) in [6, 6.07) is 0.555. The lowest BCUT2D eigenvalue weighted by Crippen LogP contribution is -2.39. The second-order valence-corrected chi connectivity index (χ2v) is 7.63. The standard InChI is InChI=1S/C15H26N2OS/c1-15(2,3)14-16-10-13(19-14)11-17-8-5-4-6-12(17)7-9-18/h10,12,18H,4-9,11H2,1-3H3. The first-order chi connectivity index (χ1) is 9.00. The molecule has 1 aromatic heterocycles. The van der Waals surface area contributed by atoms with Crippen molar-refractivity contribution in [3.05, 3.63) is 16.1 Å². The number of aliphatic hydroxyl groups is 1. The molecule has 0 aliphatic carbocycles. The molecule has 1 atom stereocenters. The fourth-order valence-corrected chi connectivity index (χ4v) is 3.67. The number of likely N-dealkylation sites (tertiary alicyclic amines) is 1. The molecule has 0 amide bonds. The summed E-state index contributed by atoms with van der Waals surface area (Å²) in [5, 5.41) is 10.4. The van der Waals surface area contributed by atoms with E-state index in [1.165, 1.54) is 29.1 Å². The van der Waals surface area contributed by atoms with E-state index in [1.807, 2.05) is 17.5 Å². The van der Waals surface area contributed by atoms with Crippen molar-refractivity contribution in [3.8, 4) is 0 Å². The van der Waals surface area contributed by atoms with E-state index in [2.05, 4.69) is 30.7 Å². The lowest BCUT2D eigenvalue weighted by Gasteiger charge is -2.35. The average Bonchev–Trinajstić information content (AvgIpc) is 2.80. The molecule has 1 aliphatic heterocycles. The van der Waals surface area contributed by atoms with Crippen molar-refractivity contribution in [3.63, 3.8) is 0 Å². The van der Waals surface area contributed by atoms with Gasteiger partial charge in [-0.1, -0.05) is 27.2 Å². The zero-order valence-electron chi connectivity index (χ0n) is 12.4. The van der Waals surface area contributed by atoms with Gasteiger partial charge in [-0.15, -0.1) is 11.3 Å². The molecule has 19 heavy (non-hydrogen) atoms. The van der Waals surface area contributed by atoms with Crippen molar-refractivity contribution in [2.24, 2.45) is 0 Å². The largest absolute Gasteiger partial charge is 0.396 e. The van der Waals surface area contributed by atoms with Gasteiger partial charge in [0.25, 0.3) is 0 Å². The van der Waals surface area contributed by atoms with Crippen LogP contribution in [0.3, 0.4) is 0 Å². The third-order valence-corrected chi connectivity index (χ3v) is 5.17. The first kappa shape index (κ1) is 14.9. The zero-order chi connectivity index (χ0) is 13.9.